The van der Waals surface area contributed by atoms with Crippen LogP contribution < -0.4 is 0 Å². The number of benzene rings is 1. The lowest BCUT2D eigenvalue weighted by Crippen LogP contribution is -2.30. The zero-order valence-corrected chi connectivity index (χ0v) is 15.6. The summed E-state index contributed by atoms with van der Waals surface area (Å²) in [6.07, 6.45) is 1.61. The second-order valence-electron chi connectivity index (χ2n) is 6.11. The molecule has 0 aliphatic carbocycles. The molecule has 0 bridgehead atoms. The Bertz CT molecular complexity index is 969. The summed E-state index contributed by atoms with van der Waals surface area (Å²) < 4.78 is 11.2. The predicted octanol–water partition coefficient (Wildman–Crippen LogP) is 5.15. The predicted molar refractivity (Wildman–Crippen MR) is 103 cm³/mol. The molecule has 0 saturated heterocycles. The molecule has 1 amide bonds. The van der Waals surface area contributed by atoms with E-state index in [0.717, 1.165) is 16.2 Å². The third-order valence-electron chi connectivity index (χ3n) is 4.16. The molecule has 0 radical (unpaired) electrons. The number of hydrogen-bond acceptors (Lipinski definition) is 5. The molecule has 0 saturated carbocycles. The van der Waals surface area contributed by atoms with Crippen molar-refractivity contribution in [1.82, 2.24) is 9.88 Å². The lowest BCUT2D eigenvalue weighted by atomic mass is 10.2. The molecule has 0 fully saturated rings. The van der Waals surface area contributed by atoms with Gasteiger partial charge in [0.2, 0.25) is 5.89 Å². The summed E-state index contributed by atoms with van der Waals surface area (Å²) in [5, 5.41) is 2.00. The number of carbonyl (C=O) groups is 1. The number of carbonyl (C=O) groups excluding carboxylic acids is 1. The van der Waals surface area contributed by atoms with Gasteiger partial charge in [-0.25, -0.2) is 4.98 Å². The first-order valence-electron chi connectivity index (χ1n) is 8.57. The fourth-order valence-corrected chi connectivity index (χ4v) is 3.55. The molecule has 4 aromatic rings. The monoisotopic (exact) mass is 378 g/mol. The highest BCUT2D eigenvalue weighted by molar-refractivity contribution is 7.09. The van der Waals surface area contributed by atoms with Crippen LogP contribution >= 0.6 is 11.3 Å². The number of rotatable bonds is 6. The van der Waals surface area contributed by atoms with E-state index in [-0.39, 0.29) is 5.91 Å². The minimum atomic E-state index is -0.178. The molecule has 0 aliphatic heterocycles. The van der Waals surface area contributed by atoms with Crippen molar-refractivity contribution in [2.24, 2.45) is 0 Å². The fraction of sp³-hybridized carbons (Fsp3) is 0.143. The van der Waals surface area contributed by atoms with Gasteiger partial charge in [-0.2, -0.15) is 0 Å². The van der Waals surface area contributed by atoms with Crippen LogP contribution in [0.1, 0.15) is 26.9 Å². The minimum Gasteiger partial charge on any atom is -0.467 e. The summed E-state index contributed by atoms with van der Waals surface area (Å²) in [5.41, 5.74) is 1.17. The molecular formula is C21H18N2O3S. The lowest BCUT2D eigenvalue weighted by molar-refractivity contribution is 0.0712. The van der Waals surface area contributed by atoms with E-state index in [0.29, 0.717) is 30.4 Å². The number of furan rings is 1. The lowest BCUT2D eigenvalue weighted by Gasteiger charge is -2.20. The van der Waals surface area contributed by atoms with E-state index in [1.807, 2.05) is 60.0 Å². The van der Waals surface area contributed by atoms with E-state index in [1.165, 1.54) is 0 Å². The van der Waals surface area contributed by atoms with Gasteiger partial charge >= 0.3 is 0 Å². The largest absolute Gasteiger partial charge is 0.467 e. The quantitative estimate of drug-likeness (QED) is 0.466. The zero-order chi connectivity index (χ0) is 18.6. The summed E-state index contributed by atoms with van der Waals surface area (Å²) in [5.74, 6) is 1.51. The zero-order valence-electron chi connectivity index (χ0n) is 14.8. The Hall–Kier alpha value is -3.12. The van der Waals surface area contributed by atoms with Gasteiger partial charge in [0.25, 0.3) is 5.91 Å². The molecule has 5 nitrogen and oxygen atoms in total. The van der Waals surface area contributed by atoms with Crippen LogP contribution in [0.4, 0.5) is 0 Å². The molecule has 3 heterocycles. The summed E-state index contributed by atoms with van der Waals surface area (Å²) in [4.78, 5) is 20.5. The number of hydrogen-bond donors (Lipinski definition) is 0. The Balaban J connectivity index is 1.63. The molecule has 0 unspecified atom stereocenters. The maximum Gasteiger partial charge on any atom is 0.276 e. The van der Waals surface area contributed by atoms with Gasteiger partial charge in [-0.3, -0.25) is 4.79 Å². The first-order valence-corrected chi connectivity index (χ1v) is 9.45. The van der Waals surface area contributed by atoms with Crippen molar-refractivity contribution in [3.05, 3.63) is 88.3 Å². The van der Waals surface area contributed by atoms with Gasteiger partial charge in [0.05, 0.1) is 19.4 Å². The highest BCUT2D eigenvalue weighted by Gasteiger charge is 2.24. The van der Waals surface area contributed by atoms with Crippen LogP contribution in [0.2, 0.25) is 0 Å². The van der Waals surface area contributed by atoms with E-state index in [1.54, 1.807) is 29.4 Å². The highest BCUT2D eigenvalue weighted by atomic mass is 32.1. The molecule has 1 aromatic carbocycles. The number of amides is 1. The maximum atomic E-state index is 13.2. The van der Waals surface area contributed by atoms with Crippen LogP contribution in [0.3, 0.4) is 0 Å². The van der Waals surface area contributed by atoms with Crippen LogP contribution in [-0.4, -0.2) is 15.8 Å². The van der Waals surface area contributed by atoms with Crippen molar-refractivity contribution in [1.29, 1.82) is 0 Å². The average Bonchev–Trinajstić information content (AvgIpc) is 3.44. The first-order chi connectivity index (χ1) is 13.2. The maximum absolute atomic E-state index is 13.2. The Labute approximate surface area is 160 Å². The molecule has 0 spiro atoms. The van der Waals surface area contributed by atoms with E-state index >= 15 is 0 Å². The van der Waals surface area contributed by atoms with Crippen molar-refractivity contribution in [2.75, 3.05) is 0 Å². The van der Waals surface area contributed by atoms with Gasteiger partial charge in [-0.1, -0.05) is 24.3 Å². The average molecular weight is 378 g/mol. The summed E-state index contributed by atoms with van der Waals surface area (Å²) in [6.45, 7) is 2.63. The third-order valence-corrected chi connectivity index (χ3v) is 5.02. The van der Waals surface area contributed by atoms with Gasteiger partial charge in [0.1, 0.15) is 11.5 Å². The first kappa shape index (κ1) is 17.3. The molecule has 0 atom stereocenters. The van der Waals surface area contributed by atoms with Gasteiger partial charge in [0.15, 0.2) is 5.69 Å². The van der Waals surface area contributed by atoms with Gasteiger partial charge in [0, 0.05) is 10.4 Å². The second kappa shape index (κ2) is 7.63. The standard InChI is InChI=1S/C21H18N2O3S/c1-15-19(22-20(26-15)16-7-3-2-4-8-16)21(24)23(13-17-9-5-11-25-17)14-18-10-6-12-27-18/h2-12H,13-14H2,1H3. The van der Waals surface area contributed by atoms with Crippen LogP contribution in [0, 0.1) is 6.92 Å². The number of nitrogens with zero attached hydrogens (tertiary/aromatic N) is 2. The second-order valence-corrected chi connectivity index (χ2v) is 7.14. The van der Waals surface area contributed by atoms with Crippen molar-refractivity contribution < 1.29 is 13.6 Å². The van der Waals surface area contributed by atoms with Crippen LogP contribution in [0.15, 0.2) is 75.1 Å². The Kier molecular flexibility index (Phi) is 4.89. The van der Waals surface area contributed by atoms with Gasteiger partial charge < -0.3 is 13.7 Å². The van der Waals surface area contributed by atoms with Crippen molar-refractivity contribution in [3.63, 3.8) is 0 Å². The molecule has 0 N–H and O–H groups in total. The fourth-order valence-electron chi connectivity index (χ4n) is 2.83. The van der Waals surface area contributed by atoms with Crippen LogP contribution in [-0.2, 0) is 13.1 Å². The van der Waals surface area contributed by atoms with Gasteiger partial charge in [-0.15, -0.1) is 11.3 Å². The third kappa shape index (κ3) is 3.85. The topological polar surface area (TPSA) is 59.5 Å². The Morgan fingerprint density at radius 2 is 1.93 bits per heavy atom. The molecule has 136 valence electrons. The molecule has 27 heavy (non-hydrogen) atoms. The SMILES string of the molecule is Cc1oc(-c2ccccc2)nc1C(=O)N(Cc1ccco1)Cc1cccs1. The summed E-state index contributed by atoms with van der Waals surface area (Å²) >= 11 is 1.61. The van der Waals surface area contributed by atoms with Crippen LogP contribution in [0.25, 0.3) is 11.5 Å². The normalized spacial score (nSPS) is 10.9. The molecule has 3 aromatic heterocycles. The number of oxazole rings is 1. The molecule has 6 heteroatoms. The number of thiophene rings is 1. The van der Waals surface area contributed by atoms with Crippen molar-refractivity contribution in [2.45, 2.75) is 20.0 Å². The molecule has 0 aliphatic rings. The Morgan fingerprint density at radius 3 is 2.63 bits per heavy atom. The van der Waals surface area contributed by atoms with Crippen molar-refractivity contribution >= 4 is 17.2 Å². The van der Waals surface area contributed by atoms with Crippen molar-refractivity contribution in [3.8, 4) is 11.5 Å². The van der Waals surface area contributed by atoms with Gasteiger partial charge in [-0.05, 0) is 42.6 Å². The smallest absolute Gasteiger partial charge is 0.276 e. The van der Waals surface area contributed by atoms with Crippen LogP contribution in [0.5, 0.6) is 0 Å². The highest BCUT2D eigenvalue weighted by Crippen LogP contribution is 2.24. The molecule has 4 rings (SSSR count). The van der Waals surface area contributed by atoms with E-state index in [4.69, 9.17) is 8.83 Å². The molecular weight excluding hydrogens is 360 g/mol. The van der Waals surface area contributed by atoms with E-state index in [9.17, 15) is 4.79 Å². The Morgan fingerprint density at radius 1 is 1.07 bits per heavy atom. The minimum absolute atomic E-state index is 0.178. The number of aromatic nitrogens is 1. The summed E-state index contributed by atoms with van der Waals surface area (Å²) in [6, 6.07) is 17.2. The van der Waals surface area contributed by atoms with E-state index < -0.39 is 0 Å². The number of aryl methyl sites for hydroxylation is 1. The van der Waals surface area contributed by atoms with E-state index in [2.05, 4.69) is 4.98 Å². The summed E-state index contributed by atoms with van der Waals surface area (Å²) in [7, 11) is 0.